The molecule has 0 bridgehead atoms. The van der Waals surface area contributed by atoms with Crippen LogP contribution in [-0.4, -0.2) is 31.9 Å². The molecule has 0 fully saturated rings. The Morgan fingerprint density at radius 3 is 2.65 bits per heavy atom. The van der Waals surface area contributed by atoms with Crippen LogP contribution in [0.5, 0.6) is 11.5 Å². The first-order chi connectivity index (χ1) is 12.4. The second kappa shape index (κ2) is 7.43. The summed E-state index contributed by atoms with van der Waals surface area (Å²) >= 11 is 5.91. The third kappa shape index (κ3) is 3.71. The molecule has 1 atom stereocenters. The Balaban J connectivity index is 1.70. The third-order valence-electron chi connectivity index (χ3n) is 4.54. The Labute approximate surface area is 157 Å². The molecule has 0 saturated heterocycles. The van der Waals surface area contributed by atoms with Crippen molar-refractivity contribution in [3.8, 4) is 11.5 Å². The fourth-order valence-corrected chi connectivity index (χ4v) is 3.38. The molecule has 0 aliphatic heterocycles. The highest BCUT2D eigenvalue weighted by atomic mass is 35.5. The molecule has 2 aromatic carbocycles. The highest BCUT2D eigenvalue weighted by Gasteiger charge is 2.38. The number of carbonyl (C=O) groups excluding carboxylic acids is 1. The summed E-state index contributed by atoms with van der Waals surface area (Å²) in [6.07, 6.45) is 1.21. The minimum Gasteiger partial charge on any atom is -0.493 e. The van der Waals surface area contributed by atoms with Gasteiger partial charge in [0.25, 0.3) is 0 Å². The first kappa shape index (κ1) is 18.4. The van der Waals surface area contributed by atoms with Crippen LogP contribution in [0.4, 0.5) is 10.5 Å². The Bertz CT molecular complexity index is 827. The topological polar surface area (TPSA) is 79.8 Å². The van der Waals surface area contributed by atoms with Gasteiger partial charge < -0.3 is 25.2 Å². The molecule has 2 aromatic rings. The Hall–Kier alpha value is -2.44. The number of rotatable bonds is 5. The van der Waals surface area contributed by atoms with Crippen molar-refractivity contribution in [3.05, 3.63) is 52.5 Å². The van der Waals surface area contributed by atoms with Crippen LogP contribution in [0.3, 0.4) is 0 Å². The van der Waals surface area contributed by atoms with E-state index in [-0.39, 0.29) is 6.54 Å². The molecule has 0 heterocycles. The lowest BCUT2D eigenvalue weighted by atomic mass is 9.95. The van der Waals surface area contributed by atoms with Crippen molar-refractivity contribution in [2.75, 3.05) is 26.1 Å². The summed E-state index contributed by atoms with van der Waals surface area (Å²) in [6.45, 7) is 0.0852. The van der Waals surface area contributed by atoms with E-state index in [0.717, 1.165) is 11.1 Å². The molecular weight excluding hydrogens is 356 g/mol. The molecule has 6 nitrogen and oxygen atoms in total. The molecule has 0 radical (unpaired) electrons. The van der Waals surface area contributed by atoms with Gasteiger partial charge in [-0.2, -0.15) is 0 Å². The lowest BCUT2D eigenvalue weighted by Crippen LogP contribution is -2.41. The van der Waals surface area contributed by atoms with Crippen LogP contribution in [0.2, 0.25) is 5.02 Å². The molecule has 26 heavy (non-hydrogen) atoms. The van der Waals surface area contributed by atoms with Gasteiger partial charge in [-0.1, -0.05) is 17.7 Å². The second-order valence-electron chi connectivity index (χ2n) is 6.21. The van der Waals surface area contributed by atoms with Crippen molar-refractivity contribution < 1.29 is 19.4 Å². The molecule has 0 saturated carbocycles. The molecule has 0 aromatic heterocycles. The van der Waals surface area contributed by atoms with E-state index in [2.05, 4.69) is 10.6 Å². The highest BCUT2D eigenvalue weighted by Crippen LogP contribution is 2.42. The number of urea groups is 1. The molecule has 0 spiro atoms. The number of nitrogens with one attached hydrogen (secondary N) is 2. The zero-order chi connectivity index (χ0) is 18.7. The number of aryl methyl sites for hydroxylation is 1. The van der Waals surface area contributed by atoms with Crippen LogP contribution < -0.4 is 20.1 Å². The van der Waals surface area contributed by atoms with Crippen molar-refractivity contribution in [2.45, 2.75) is 18.4 Å². The van der Waals surface area contributed by atoms with Crippen LogP contribution in [0.15, 0.2) is 36.4 Å². The van der Waals surface area contributed by atoms with Crippen molar-refractivity contribution >= 4 is 23.3 Å². The number of fused-ring (bicyclic) bond motifs is 1. The summed E-state index contributed by atoms with van der Waals surface area (Å²) in [5.74, 6) is 1.18. The smallest absolute Gasteiger partial charge is 0.319 e. The Kier molecular flexibility index (Phi) is 5.25. The van der Waals surface area contributed by atoms with Gasteiger partial charge in [0.15, 0.2) is 11.5 Å². The van der Waals surface area contributed by atoms with E-state index in [0.29, 0.717) is 35.1 Å². The highest BCUT2D eigenvalue weighted by molar-refractivity contribution is 6.30. The van der Waals surface area contributed by atoms with Crippen molar-refractivity contribution in [3.63, 3.8) is 0 Å². The van der Waals surface area contributed by atoms with E-state index in [1.807, 2.05) is 6.07 Å². The molecule has 138 valence electrons. The Morgan fingerprint density at radius 2 is 1.96 bits per heavy atom. The van der Waals surface area contributed by atoms with Crippen molar-refractivity contribution in [1.29, 1.82) is 0 Å². The van der Waals surface area contributed by atoms with Crippen LogP contribution in [0.1, 0.15) is 17.5 Å². The molecule has 1 aliphatic rings. The zero-order valence-electron chi connectivity index (χ0n) is 14.6. The summed E-state index contributed by atoms with van der Waals surface area (Å²) in [5, 5.41) is 17.0. The number of benzene rings is 2. The lowest BCUT2D eigenvalue weighted by molar-refractivity contribution is 0.0415. The van der Waals surface area contributed by atoms with Crippen molar-refractivity contribution in [2.24, 2.45) is 0 Å². The number of amides is 2. The van der Waals surface area contributed by atoms with Crippen LogP contribution in [-0.2, 0) is 12.0 Å². The molecule has 7 heteroatoms. The van der Waals surface area contributed by atoms with Crippen LogP contribution >= 0.6 is 11.6 Å². The predicted octanol–water partition coefficient (Wildman–Crippen LogP) is 3.31. The average molecular weight is 377 g/mol. The number of halogens is 1. The van der Waals surface area contributed by atoms with E-state index in [4.69, 9.17) is 21.1 Å². The number of carbonyl (C=O) groups is 1. The van der Waals surface area contributed by atoms with Gasteiger partial charge in [-0.05, 0) is 54.3 Å². The number of hydrogen-bond donors (Lipinski definition) is 3. The molecule has 2 amide bonds. The summed E-state index contributed by atoms with van der Waals surface area (Å²) in [6, 6.07) is 10.1. The molecule has 1 aliphatic carbocycles. The third-order valence-corrected chi connectivity index (χ3v) is 4.78. The SMILES string of the molecule is COc1cc2c(cc1OC)C(O)(CNC(=O)Nc1cccc(Cl)c1)CC2. The average Bonchev–Trinajstić information content (AvgIpc) is 2.95. The first-order valence-corrected chi connectivity index (χ1v) is 8.61. The standard InChI is InChI=1S/C19H21ClN2O4/c1-25-16-8-12-6-7-19(24,15(12)10-17(16)26-2)11-21-18(23)22-14-5-3-4-13(20)9-14/h3-5,8-10,24H,6-7,11H2,1-2H3,(H2,21,22,23). The van der Waals surface area contributed by atoms with E-state index < -0.39 is 11.6 Å². The number of anilines is 1. The maximum atomic E-state index is 12.1. The summed E-state index contributed by atoms with van der Waals surface area (Å²) in [5.41, 5.74) is 1.17. The minimum absolute atomic E-state index is 0.0852. The van der Waals surface area contributed by atoms with Crippen LogP contribution in [0.25, 0.3) is 0 Å². The van der Waals surface area contributed by atoms with E-state index in [1.54, 1.807) is 44.6 Å². The minimum atomic E-state index is -1.15. The van der Waals surface area contributed by atoms with Crippen molar-refractivity contribution in [1.82, 2.24) is 5.32 Å². The maximum Gasteiger partial charge on any atom is 0.319 e. The second-order valence-corrected chi connectivity index (χ2v) is 6.65. The monoisotopic (exact) mass is 376 g/mol. The predicted molar refractivity (Wildman–Crippen MR) is 100 cm³/mol. The number of hydrogen-bond acceptors (Lipinski definition) is 4. The molecular formula is C19H21ClN2O4. The summed E-state index contributed by atoms with van der Waals surface area (Å²) in [4.78, 5) is 12.1. The molecule has 3 N–H and O–H groups in total. The zero-order valence-corrected chi connectivity index (χ0v) is 15.4. The van der Waals surface area contributed by atoms with E-state index in [9.17, 15) is 9.90 Å². The lowest BCUT2D eigenvalue weighted by Gasteiger charge is -2.25. The maximum absolute atomic E-state index is 12.1. The van der Waals surface area contributed by atoms with Gasteiger partial charge in [0.05, 0.1) is 20.8 Å². The Morgan fingerprint density at radius 1 is 1.23 bits per heavy atom. The van der Waals surface area contributed by atoms with Gasteiger partial charge in [-0.3, -0.25) is 0 Å². The fraction of sp³-hybridized carbons (Fsp3) is 0.316. The van der Waals surface area contributed by atoms with Gasteiger partial charge >= 0.3 is 6.03 Å². The van der Waals surface area contributed by atoms with Gasteiger partial charge in [0.2, 0.25) is 0 Å². The molecule has 3 rings (SSSR count). The van der Waals surface area contributed by atoms with Gasteiger partial charge in [-0.15, -0.1) is 0 Å². The van der Waals surface area contributed by atoms with E-state index in [1.165, 1.54) is 0 Å². The number of methoxy groups -OCH3 is 2. The first-order valence-electron chi connectivity index (χ1n) is 8.23. The summed E-state index contributed by atoms with van der Waals surface area (Å²) < 4.78 is 10.6. The largest absolute Gasteiger partial charge is 0.493 e. The molecule has 1 unspecified atom stereocenters. The van der Waals surface area contributed by atoms with Gasteiger partial charge in [0, 0.05) is 10.7 Å². The van der Waals surface area contributed by atoms with E-state index >= 15 is 0 Å². The normalized spacial score (nSPS) is 18.2. The van der Waals surface area contributed by atoms with Gasteiger partial charge in [0.1, 0.15) is 5.60 Å². The number of aliphatic hydroxyl groups is 1. The van der Waals surface area contributed by atoms with Gasteiger partial charge in [-0.25, -0.2) is 4.79 Å². The van der Waals surface area contributed by atoms with Crippen LogP contribution in [0, 0.1) is 0 Å². The summed E-state index contributed by atoms with van der Waals surface area (Å²) in [7, 11) is 3.13. The quantitative estimate of drug-likeness (QED) is 0.748. The fourth-order valence-electron chi connectivity index (χ4n) is 3.19. The number of ether oxygens (including phenoxy) is 2.